The highest BCUT2D eigenvalue weighted by atomic mass is 79.9. The van der Waals surface area contributed by atoms with E-state index in [4.69, 9.17) is 4.74 Å². The van der Waals surface area contributed by atoms with Crippen molar-refractivity contribution >= 4 is 50.3 Å². The van der Waals surface area contributed by atoms with Gasteiger partial charge in [-0.25, -0.2) is 9.78 Å². The second-order valence-electron chi connectivity index (χ2n) is 6.40. The van der Waals surface area contributed by atoms with Crippen molar-refractivity contribution in [2.45, 2.75) is 13.5 Å². The SMILES string of the molecule is CCOC(=O)c1cc2cc(Nc3ncc(Br)c(NCc4ccccn4)n3)ccc2[nH]1. The maximum Gasteiger partial charge on any atom is 0.354 e. The molecule has 0 saturated carbocycles. The second-order valence-corrected chi connectivity index (χ2v) is 7.25. The molecule has 0 bridgehead atoms. The van der Waals surface area contributed by atoms with Crippen molar-refractivity contribution in [2.75, 3.05) is 17.2 Å². The molecule has 0 fully saturated rings. The number of aromatic nitrogens is 4. The van der Waals surface area contributed by atoms with Crippen molar-refractivity contribution in [3.8, 4) is 0 Å². The molecule has 0 spiro atoms. The topological polar surface area (TPSA) is 105 Å². The van der Waals surface area contributed by atoms with Gasteiger partial charge >= 0.3 is 5.97 Å². The first-order valence-corrected chi connectivity index (χ1v) is 10.1. The number of carbonyl (C=O) groups is 1. The standard InChI is InChI=1S/C21H19BrN6O2/c1-2-30-20(29)18-10-13-9-14(6-7-17(13)27-18)26-21-25-12-16(22)19(28-21)24-11-15-5-3-4-8-23-15/h3-10,12,27H,2,11H2,1H3,(H2,24,25,26,28). The molecule has 0 aliphatic rings. The third kappa shape index (κ3) is 4.57. The van der Waals surface area contributed by atoms with E-state index < -0.39 is 0 Å². The molecule has 152 valence electrons. The Morgan fingerprint density at radius 2 is 2.10 bits per heavy atom. The molecule has 0 aliphatic heterocycles. The van der Waals surface area contributed by atoms with Gasteiger partial charge in [0.05, 0.1) is 23.3 Å². The quantitative estimate of drug-likeness (QED) is 0.340. The number of nitrogens with zero attached hydrogens (tertiary/aromatic N) is 3. The summed E-state index contributed by atoms with van der Waals surface area (Å²) in [5, 5.41) is 7.34. The van der Waals surface area contributed by atoms with Gasteiger partial charge < -0.3 is 20.4 Å². The van der Waals surface area contributed by atoms with Gasteiger partial charge in [-0.05, 0) is 59.3 Å². The minimum Gasteiger partial charge on any atom is -0.461 e. The number of nitrogens with one attached hydrogen (secondary N) is 3. The fourth-order valence-electron chi connectivity index (χ4n) is 2.89. The lowest BCUT2D eigenvalue weighted by Crippen LogP contribution is -2.06. The Morgan fingerprint density at radius 1 is 1.20 bits per heavy atom. The van der Waals surface area contributed by atoms with Crippen LogP contribution in [-0.2, 0) is 11.3 Å². The first-order valence-electron chi connectivity index (χ1n) is 9.35. The van der Waals surface area contributed by atoms with E-state index in [0.717, 1.165) is 26.8 Å². The summed E-state index contributed by atoms with van der Waals surface area (Å²) >= 11 is 3.47. The molecule has 4 aromatic rings. The van der Waals surface area contributed by atoms with Gasteiger partial charge in [-0.15, -0.1) is 0 Å². The van der Waals surface area contributed by atoms with E-state index in [9.17, 15) is 4.79 Å². The van der Waals surface area contributed by atoms with Gasteiger partial charge in [0.25, 0.3) is 0 Å². The molecule has 3 aromatic heterocycles. The van der Waals surface area contributed by atoms with Gasteiger partial charge in [0.1, 0.15) is 11.5 Å². The number of pyridine rings is 1. The number of halogens is 1. The average molecular weight is 467 g/mol. The van der Waals surface area contributed by atoms with Crippen LogP contribution in [0.1, 0.15) is 23.1 Å². The van der Waals surface area contributed by atoms with Crippen molar-refractivity contribution in [1.82, 2.24) is 19.9 Å². The van der Waals surface area contributed by atoms with E-state index >= 15 is 0 Å². The number of hydrogen-bond acceptors (Lipinski definition) is 7. The Balaban J connectivity index is 1.50. The third-order valence-corrected chi connectivity index (χ3v) is 4.86. The molecule has 0 saturated heterocycles. The number of benzene rings is 1. The maximum absolute atomic E-state index is 11.9. The molecular formula is C21H19BrN6O2. The minimum absolute atomic E-state index is 0.332. The van der Waals surface area contributed by atoms with E-state index in [0.29, 0.717) is 30.6 Å². The van der Waals surface area contributed by atoms with Crippen molar-refractivity contribution in [1.29, 1.82) is 0 Å². The van der Waals surface area contributed by atoms with Gasteiger partial charge in [-0.2, -0.15) is 4.98 Å². The fourth-order valence-corrected chi connectivity index (χ4v) is 3.22. The Kier molecular flexibility index (Phi) is 5.89. The van der Waals surface area contributed by atoms with Crippen LogP contribution < -0.4 is 10.6 Å². The van der Waals surface area contributed by atoms with Crippen LogP contribution in [0, 0.1) is 0 Å². The largest absolute Gasteiger partial charge is 0.461 e. The number of carbonyl (C=O) groups excluding carboxylic acids is 1. The summed E-state index contributed by atoms with van der Waals surface area (Å²) in [6, 6.07) is 13.2. The Hall–Kier alpha value is -3.46. The van der Waals surface area contributed by atoms with Crippen LogP contribution in [-0.4, -0.2) is 32.5 Å². The maximum atomic E-state index is 11.9. The van der Waals surface area contributed by atoms with Gasteiger partial charge in [-0.3, -0.25) is 4.98 Å². The van der Waals surface area contributed by atoms with Crippen molar-refractivity contribution in [2.24, 2.45) is 0 Å². The first-order chi connectivity index (χ1) is 14.6. The number of ether oxygens (including phenoxy) is 1. The molecule has 0 amide bonds. The highest BCUT2D eigenvalue weighted by Crippen LogP contribution is 2.25. The minimum atomic E-state index is -0.372. The van der Waals surface area contributed by atoms with Crippen LogP contribution >= 0.6 is 15.9 Å². The van der Waals surface area contributed by atoms with E-state index in [1.165, 1.54) is 0 Å². The summed E-state index contributed by atoms with van der Waals surface area (Å²) in [6.07, 6.45) is 3.44. The average Bonchev–Trinajstić information content (AvgIpc) is 3.19. The normalized spacial score (nSPS) is 10.7. The zero-order valence-electron chi connectivity index (χ0n) is 16.1. The highest BCUT2D eigenvalue weighted by Gasteiger charge is 2.11. The van der Waals surface area contributed by atoms with Gasteiger partial charge in [0.15, 0.2) is 0 Å². The Bertz CT molecular complexity index is 1180. The number of rotatable bonds is 7. The van der Waals surface area contributed by atoms with Crippen LogP contribution in [0.2, 0.25) is 0 Å². The highest BCUT2D eigenvalue weighted by molar-refractivity contribution is 9.10. The van der Waals surface area contributed by atoms with Crippen LogP contribution in [0.25, 0.3) is 10.9 Å². The molecular weight excluding hydrogens is 448 g/mol. The number of H-pyrrole nitrogens is 1. The Morgan fingerprint density at radius 3 is 2.90 bits per heavy atom. The van der Waals surface area contributed by atoms with Crippen molar-refractivity contribution in [3.05, 3.63) is 70.7 Å². The van der Waals surface area contributed by atoms with E-state index in [-0.39, 0.29) is 5.97 Å². The van der Waals surface area contributed by atoms with Crippen LogP contribution in [0.15, 0.2) is 59.3 Å². The molecule has 3 N–H and O–H groups in total. The first kappa shape index (κ1) is 19.8. The molecule has 1 aromatic carbocycles. The lowest BCUT2D eigenvalue weighted by atomic mass is 10.2. The number of anilines is 3. The Labute approximate surface area is 181 Å². The van der Waals surface area contributed by atoms with Crippen LogP contribution in [0.4, 0.5) is 17.5 Å². The van der Waals surface area contributed by atoms with Crippen LogP contribution in [0.5, 0.6) is 0 Å². The fraction of sp³-hybridized carbons (Fsp3) is 0.143. The lowest BCUT2D eigenvalue weighted by molar-refractivity contribution is 0.0520. The second kappa shape index (κ2) is 8.91. The van der Waals surface area contributed by atoms with Gasteiger partial charge in [0, 0.05) is 29.0 Å². The lowest BCUT2D eigenvalue weighted by Gasteiger charge is -2.10. The third-order valence-electron chi connectivity index (χ3n) is 4.28. The molecule has 3 heterocycles. The predicted molar refractivity (Wildman–Crippen MR) is 119 cm³/mol. The molecule has 8 nitrogen and oxygen atoms in total. The van der Waals surface area contributed by atoms with Gasteiger partial charge in [0.2, 0.25) is 5.95 Å². The van der Waals surface area contributed by atoms with E-state index in [2.05, 4.69) is 46.5 Å². The number of fused-ring (bicyclic) bond motifs is 1. The van der Waals surface area contributed by atoms with E-state index in [1.54, 1.807) is 25.4 Å². The van der Waals surface area contributed by atoms with E-state index in [1.807, 2.05) is 36.4 Å². The molecule has 0 atom stereocenters. The summed E-state index contributed by atoms with van der Waals surface area (Å²) in [6.45, 7) is 2.65. The smallest absolute Gasteiger partial charge is 0.354 e. The molecule has 4 rings (SSSR count). The monoisotopic (exact) mass is 466 g/mol. The van der Waals surface area contributed by atoms with Crippen LogP contribution in [0.3, 0.4) is 0 Å². The molecule has 0 aliphatic carbocycles. The molecule has 0 unspecified atom stereocenters. The predicted octanol–water partition coefficient (Wildman–Crippen LogP) is 4.65. The number of hydrogen-bond donors (Lipinski definition) is 3. The number of esters is 1. The summed E-state index contributed by atoms with van der Waals surface area (Å²) in [4.78, 5) is 28.1. The summed E-state index contributed by atoms with van der Waals surface area (Å²) in [7, 11) is 0. The molecule has 9 heteroatoms. The van der Waals surface area contributed by atoms with Crippen molar-refractivity contribution in [3.63, 3.8) is 0 Å². The molecule has 30 heavy (non-hydrogen) atoms. The summed E-state index contributed by atoms with van der Waals surface area (Å²) < 4.78 is 5.79. The van der Waals surface area contributed by atoms with Gasteiger partial charge in [-0.1, -0.05) is 6.07 Å². The van der Waals surface area contributed by atoms with Crippen molar-refractivity contribution < 1.29 is 9.53 Å². The number of aromatic amines is 1. The summed E-state index contributed by atoms with van der Waals surface area (Å²) in [5.74, 6) is 0.732. The summed E-state index contributed by atoms with van der Waals surface area (Å²) in [5.41, 5.74) is 2.98. The zero-order chi connectivity index (χ0) is 20.9. The molecule has 0 radical (unpaired) electrons. The zero-order valence-corrected chi connectivity index (χ0v) is 17.7.